The van der Waals surface area contributed by atoms with E-state index in [1.54, 1.807) is 23.7 Å². The number of imidazole rings is 1. The lowest BCUT2D eigenvalue weighted by molar-refractivity contribution is -0.115. The van der Waals surface area contributed by atoms with Gasteiger partial charge in [-0.25, -0.2) is 4.98 Å². The van der Waals surface area contributed by atoms with Crippen LogP contribution in [0.25, 0.3) is 11.0 Å². The molecule has 0 radical (unpaired) electrons. The van der Waals surface area contributed by atoms with E-state index in [0.29, 0.717) is 22.5 Å². The van der Waals surface area contributed by atoms with Crippen LogP contribution in [0.1, 0.15) is 11.1 Å². The molecule has 0 bridgehead atoms. The van der Waals surface area contributed by atoms with Gasteiger partial charge in [0.05, 0.1) is 23.0 Å². The number of aromatic nitrogens is 2. The molecule has 0 spiro atoms. The number of fused-ring (bicyclic) bond motifs is 1. The van der Waals surface area contributed by atoms with Gasteiger partial charge in [0.2, 0.25) is 11.9 Å². The second-order valence-electron chi connectivity index (χ2n) is 5.24. The van der Waals surface area contributed by atoms with Gasteiger partial charge in [-0.15, -0.1) is 0 Å². The molecule has 6 heteroatoms. The zero-order chi connectivity index (χ0) is 16.4. The lowest BCUT2D eigenvalue weighted by atomic mass is 10.1. The second-order valence-corrected chi connectivity index (χ2v) is 5.24. The highest BCUT2D eigenvalue weighted by atomic mass is 16.1. The molecular weight excluding hydrogens is 290 g/mol. The molecule has 3 N–H and O–H groups in total. The van der Waals surface area contributed by atoms with Crippen molar-refractivity contribution >= 4 is 28.6 Å². The number of anilines is 2. The number of hydrogen-bond acceptors (Lipinski definition) is 4. The summed E-state index contributed by atoms with van der Waals surface area (Å²) in [7, 11) is 1.76. The summed E-state index contributed by atoms with van der Waals surface area (Å²) >= 11 is 0. The first-order chi connectivity index (χ1) is 11.1. The fourth-order valence-electron chi connectivity index (χ4n) is 2.53. The number of amides is 1. The van der Waals surface area contributed by atoms with E-state index in [1.807, 2.05) is 30.3 Å². The molecule has 1 heterocycles. The summed E-state index contributed by atoms with van der Waals surface area (Å²) in [6, 6.07) is 14.9. The van der Waals surface area contributed by atoms with Gasteiger partial charge in [0.25, 0.3) is 0 Å². The molecular formula is C17H15N5O. The number of carbonyl (C=O) groups is 1. The Morgan fingerprint density at radius 2 is 2.09 bits per heavy atom. The van der Waals surface area contributed by atoms with Crippen LogP contribution in [0, 0.1) is 11.3 Å². The van der Waals surface area contributed by atoms with Crippen LogP contribution in [0.2, 0.25) is 0 Å². The van der Waals surface area contributed by atoms with Crippen molar-refractivity contribution in [3.63, 3.8) is 0 Å². The Bertz CT molecular complexity index is 922. The largest absolute Gasteiger partial charge is 0.369 e. The van der Waals surface area contributed by atoms with Crippen molar-refractivity contribution in [2.45, 2.75) is 6.42 Å². The van der Waals surface area contributed by atoms with Crippen LogP contribution in [0.5, 0.6) is 0 Å². The molecule has 0 aliphatic rings. The van der Waals surface area contributed by atoms with Crippen molar-refractivity contribution in [1.82, 2.24) is 9.55 Å². The van der Waals surface area contributed by atoms with Crippen LogP contribution >= 0.6 is 0 Å². The number of nitrogens with one attached hydrogen (secondary N) is 1. The Morgan fingerprint density at radius 3 is 2.78 bits per heavy atom. The highest BCUT2D eigenvalue weighted by Gasteiger charge is 2.13. The third-order valence-corrected chi connectivity index (χ3v) is 3.61. The molecule has 2 aromatic carbocycles. The first kappa shape index (κ1) is 14.6. The maximum Gasteiger partial charge on any atom is 0.228 e. The molecule has 0 unspecified atom stereocenters. The van der Waals surface area contributed by atoms with E-state index in [9.17, 15) is 10.1 Å². The first-order valence-electron chi connectivity index (χ1n) is 7.08. The Labute approximate surface area is 133 Å². The molecule has 1 aromatic heterocycles. The van der Waals surface area contributed by atoms with E-state index in [1.165, 1.54) is 0 Å². The minimum absolute atomic E-state index is 0.150. The highest BCUT2D eigenvalue weighted by molar-refractivity contribution is 5.93. The summed E-state index contributed by atoms with van der Waals surface area (Å²) in [5.41, 5.74) is 9.00. The van der Waals surface area contributed by atoms with E-state index in [0.717, 1.165) is 11.3 Å². The topological polar surface area (TPSA) is 96.7 Å². The number of aryl methyl sites for hydroxylation is 1. The summed E-state index contributed by atoms with van der Waals surface area (Å²) in [6.07, 6.45) is 0.163. The zero-order valence-electron chi connectivity index (χ0n) is 12.6. The average molecular weight is 305 g/mol. The maximum atomic E-state index is 12.1. The fraction of sp³-hybridized carbons (Fsp3) is 0.118. The van der Waals surface area contributed by atoms with Crippen molar-refractivity contribution in [2.75, 3.05) is 11.1 Å². The number of nitrogens with two attached hydrogens (primary N) is 1. The van der Waals surface area contributed by atoms with E-state index < -0.39 is 0 Å². The van der Waals surface area contributed by atoms with Gasteiger partial charge in [-0.05, 0) is 29.8 Å². The number of carbonyl (C=O) groups excluding carboxylic acids is 1. The second kappa shape index (κ2) is 5.81. The van der Waals surface area contributed by atoms with Crippen LogP contribution in [0.4, 0.5) is 11.6 Å². The van der Waals surface area contributed by atoms with E-state index in [4.69, 9.17) is 5.73 Å². The monoisotopic (exact) mass is 305 g/mol. The number of nitrogens with zero attached hydrogens (tertiary/aromatic N) is 3. The molecule has 0 saturated heterocycles. The number of benzene rings is 2. The van der Waals surface area contributed by atoms with E-state index >= 15 is 0 Å². The summed E-state index contributed by atoms with van der Waals surface area (Å²) in [5.74, 6) is 0.186. The summed E-state index contributed by atoms with van der Waals surface area (Å²) in [5, 5.41) is 12.2. The minimum Gasteiger partial charge on any atom is -0.369 e. The molecule has 3 aromatic rings. The van der Waals surface area contributed by atoms with Gasteiger partial charge in [0.15, 0.2) is 0 Å². The standard InChI is InChI=1S/C17H15N5O/c1-22-16-12(10-18)7-11(8-14(16)21-17(22)19)9-15(23)20-13-5-3-2-4-6-13/h2-8H,9H2,1H3,(H2,19,21)(H,20,23). The molecule has 23 heavy (non-hydrogen) atoms. The summed E-state index contributed by atoms with van der Waals surface area (Å²) in [4.78, 5) is 16.4. The molecule has 0 saturated carbocycles. The Kier molecular flexibility index (Phi) is 3.69. The fourth-order valence-corrected chi connectivity index (χ4v) is 2.53. The zero-order valence-corrected chi connectivity index (χ0v) is 12.6. The molecule has 0 aliphatic carbocycles. The molecule has 1 amide bonds. The minimum atomic E-state index is -0.150. The number of nitriles is 1. The molecule has 114 valence electrons. The van der Waals surface area contributed by atoms with E-state index in [2.05, 4.69) is 16.4 Å². The first-order valence-corrected chi connectivity index (χ1v) is 7.08. The lowest BCUT2D eigenvalue weighted by Crippen LogP contribution is -2.14. The van der Waals surface area contributed by atoms with Gasteiger partial charge in [-0.1, -0.05) is 18.2 Å². The Balaban J connectivity index is 1.89. The number of rotatable bonds is 3. The van der Waals surface area contributed by atoms with E-state index in [-0.39, 0.29) is 12.3 Å². The molecule has 6 nitrogen and oxygen atoms in total. The smallest absolute Gasteiger partial charge is 0.228 e. The van der Waals surface area contributed by atoms with Crippen molar-refractivity contribution in [2.24, 2.45) is 7.05 Å². The van der Waals surface area contributed by atoms with Crippen molar-refractivity contribution in [3.8, 4) is 6.07 Å². The van der Waals surface area contributed by atoms with Gasteiger partial charge in [-0.2, -0.15) is 5.26 Å². The van der Waals surface area contributed by atoms with Gasteiger partial charge in [0.1, 0.15) is 6.07 Å². The van der Waals surface area contributed by atoms with Crippen molar-refractivity contribution in [3.05, 3.63) is 53.6 Å². The number of para-hydroxylation sites is 1. The van der Waals surface area contributed by atoms with Gasteiger partial charge < -0.3 is 15.6 Å². The van der Waals surface area contributed by atoms with Gasteiger partial charge in [0, 0.05) is 12.7 Å². The number of nitrogen functional groups attached to an aromatic ring is 1. The molecule has 0 fully saturated rings. The van der Waals surface area contributed by atoms with Crippen molar-refractivity contribution in [1.29, 1.82) is 5.26 Å². The lowest BCUT2D eigenvalue weighted by Gasteiger charge is -2.06. The van der Waals surface area contributed by atoms with Gasteiger partial charge in [-0.3, -0.25) is 4.79 Å². The highest BCUT2D eigenvalue weighted by Crippen LogP contribution is 2.23. The predicted molar refractivity (Wildman–Crippen MR) is 88.6 cm³/mol. The molecule has 3 rings (SSSR count). The summed E-state index contributed by atoms with van der Waals surface area (Å²) in [6.45, 7) is 0. The average Bonchev–Trinajstić information content (AvgIpc) is 2.82. The quantitative estimate of drug-likeness (QED) is 0.775. The maximum absolute atomic E-state index is 12.1. The Hall–Kier alpha value is -3.33. The Morgan fingerprint density at radius 1 is 1.35 bits per heavy atom. The van der Waals surface area contributed by atoms with Crippen molar-refractivity contribution < 1.29 is 4.79 Å². The predicted octanol–water partition coefficient (Wildman–Crippen LogP) is 2.21. The van der Waals surface area contributed by atoms with Crippen LogP contribution < -0.4 is 11.1 Å². The third kappa shape index (κ3) is 2.85. The van der Waals surface area contributed by atoms with Crippen LogP contribution in [-0.4, -0.2) is 15.5 Å². The van der Waals surface area contributed by atoms with Crippen LogP contribution in [0.3, 0.4) is 0 Å². The summed E-state index contributed by atoms with van der Waals surface area (Å²) < 4.78 is 1.67. The van der Waals surface area contributed by atoms with Gasteiger partial charge >= 0.3 is 0 Å². The van der Waals surface area contributed by atoms with Crippen LogP contribution in [-0.2, 0) is 18.3 Å². The molecule has 0 aliphatic heterocycles. The van der Waals surface area contributed by atoms with Crippen LogP contribution in [0.15, 0.2) is 42.5 Å². The normalized spacial score (nSPS) is 10.4. The third-order valence-electron chi connectivity index (χ3n) is 3.61. The number of hydrogen-bond donors (Lipinski definition) is 2. The molecule has 0 atom stereocenters. The SMILES string of the molecule is Cn1c(N)nc2cc(CC(=O)Nc3ccccc3)cc(C#N)c21.